The summed E-state index contributed by atoms with van der Waals surface area (Å²) in [6.45, 7) is 0. The number of rotatable bonds is 2. The molecule has 0 rings (SSSR count). The third kappa shape index (κ3) is 6.01. The molecule has 0 spiro atoms. The molecule has 0 atom stereocenters. The molecule has 48 valence electrons. The lowest BCUT2D eigenvalue weighted by Crippen LogP contribution is -2.14. The van der Waals surface area contributed by atoms with E-state index in [-0.39, 0.29) is 0 Å². The van der Waals surface area contributed by atoms with Crippen molar-refractivity contribution in [2.45, 2.75) is 0 Å². The van der Waals surface area contributed by atoms with Crippen molar-refractivity contribution >= 4 is 15.4 Å². The second kappa shape index (κ2) is 2.53. The van der Waals surface area contributed by atoms with E-state index in [0.29, 0.717) is 0 Å². The van der Waals surface area contributed by atoms with Gasteiger partial charge >= 0.3 is 7.83 Å². The Balaban J connectivity index is 3.94. The molecule has 0 unspecified atom stereocenters. The van der Waals surface area contributed by atoms with Crippen molar-refractivity contribution in [2.24, 2.45) is 11.0 Å². The first-order valence-electron chi connectivity index (χ1n) is 1.51. The molecule has 0 aromatic rings. The molecule has 8 heteroatoms. The predicted octanol–water partition coefficient (Wildman–Crippen LogP) is -0.311. The van der Waals surface area contributed by atoms with Gasteiger partial charge in [-0.25, -0.2) is 9.13 Å². The van der Waals surface area contributed by atoms with Crippen molar-refractivity contribution in [3.8, 4) is 0 Å². The van der Waals surface area contributed by atoms with Gasteiger partial charge in [-0.1, -0.05) is 0 Å². The number of hydrogen-bond acceptors (Lipinski definition) is 3. The summed E-state index contributed by atoms with van der Waals surface area (Å²) in [5, 5.41) is 0. The standard InChI is InChI=1S/H5N3O3P2/c1-8(2,6)3-7(4)5/h(H5,1,2,3,4,5,6). The summed E-state index contributed by atoms with van der Waals surface area (Å²) in [6, 6.07) is 0. The quantitative estimate of drug-likeness (QED) is 0.473. The highest BCUT2D eigenvalue weighted by molar-refractivity contribution is 7.64. The van der Waals surface area contributed by atoms with Crippen LogP contribution in [0.3, 0.4) is 0 Å². The van der Waals surface area contributed by atoms with E-state index >= 15 is 0 Å². The van der Waals surface area contributed by atoms with Crippen LogP contribution in [0.5, 0.6) is 0 Å². The molecule has 0 aliphatic rings. The maximum absolute atomic E-state index is 10.1. The summed E-state index contributed by atoms with van der Waals surface area (Å²) < 4.78 is 29.3. The molecule has 0 aromatic heterocycles. The summed E-state index contributed by atoms with van der Waals surface area (Å²) >= 11 is 0. The van der Waals surface area contributed by atoms with Crippen LogP contribution in [-0.2, 0) is 13.7 Å². The topological polar surface area (TPSA) is 115 Å². The normalized spacial score (nSPS) is 11.2. The lowest BCUT2D eigenvalue weighted by atomic mass is 13.8. The van der Waals surface area contributed by atoms with Crippen molar-refractivity contribution < 1.29 is 13.7 Å². The molecule has 0 heterocycles. The summed E-state index contributed by atoms with van der Waals surface area (Å²) in [4.78, 5) is 1.45. The van der Waals surface area contributed by atoms with Gasteiger partial charge in [-0.05, 0) is 0 Å². The van der Waals surface area contributed by atoms with Crippen LogP contribution in [-0.4, -0.2) is 0 Å². The summed E-state index contributed by atoms with van der Waals surface area (Å²) in [7, 11) is -6.52. The summed E-state index contributed by atoms with van der Waals surface area (Å²) in [5.41, 5.74) is 9.15. The van der Waals surface area contributed by atoms with Crippen molar-refractivity contribution in [3.63, 3.8) is 0 Å². The molecule has 0 aromatic carbocycles. The van der Waals surface area contributed by atoms with Gasteiger partial charge < -0.3 is 0 Å². The summed E-state index contributed by atoms with van der Waals surface area (Å²) in [6.07, 6.45) is 0. The third-order valence-electron chi connectivity index (χ3n) is 0.238. The Morgan fingerprint density at radius 2 is 1.75 bits per heavy atom. The average Bonchev–Trinajstić information content (AvgIpc) is 1.21. The molecule has 5 N–H and O–H groups in total. The van der Waals surface area contributed by atoms with Crippen LogP contribution in [0.15, 0.2) is 0 Å². The molecule has 0 radical (unpaired) electrons. The average molecular weight is 157 g/mol. The molecule has 6 nitrogen and oxygen atoms in total. The first-order valence-corrected chi connectivity index (χ1v) is 4.53. The van der Waals surface area contributed by atoms with Gasteiger partial charge in [0.25, 0.3) is 7.59 Å². The van der Waals surface area contributed by atoms with Gasteiger partial charge in [-0.3, -0.25) is 15.6 Å². The summed E-state index contributed by atoms with van der Waals surface area (Å²) in [5.74, 6) is 0. The van der Waals surface area contributed by atoms with Crippen LogP contribution in [0.2, 0.25) is 0 Å². The monoisotopic (exact) mass is 157 g/mol. The third-order valence-corrected chi connectivity index (χ3v) is 2.14. The van der Waals surface area contributed by atoms with Gasteiger partial charge in [0.15, 0.2) is 0 Å². The van der Waals surface area contributed by atoms with Crippen LogP contribution in [0.4, 0.5) is 0 Å². The minimum Gasteiger partial charge on any atom is -0.271 e. The largest absolute Gasteiger partial charge is 0.404 e. The van der Waals surface area contributed by atoms with Crippen molar-refractivity contribution in [2.75, 3.05) is 0 Å². The van der Waals surface area contributed by atoms with Crippen LogP contribution in [0.1, 0.15) is 0 Å². The van der Waals surface area contributed by atoms with Crippen LogP contribution >= 0.6 is 15.4 Å². The fourth-order valence-electron chi connectivity index (χ4n) is 0.128. The highest BCUT2D eigenvalue weighted by Gasteiger charge is 2.08. The van der Waals surface area contributed by atoms with Gasteiger partial charge in [-0.15, -0.1) is 4.86 Å². The predicted molar refractivity (Wildman–Crippen MR) is 27.4 cm³/mol. The highest BCUT2D eigenvalue weighted by Crippen LogP contribution is 2.23. The Kier molecular flexibility index (Phi) is 2.53. The number of hydrogen-bond donors (Lipinski definition) is 3. The fourth-order valence-corrected chi connectivity index (χ4v) is 1.15. The van der Waals surface area contributed by atoms with Gasteiger partial charge in [0.1, 0.15) is 0 Å². The zero-order chi connectivity index (χ0) is 6.78. The molecular weight excluding hydrogens is 152 g/mol. The Bertz CT molecular complexity index is 167. The Morgan fingerprint density at radius 1 is 1.38 bits per heavy atom. The SMILES string of the molecule is NP(N)(=O)NP(=O)=O. The Morgan fingerprint density at radius 3 is 1.75 bits per heavy atom. The van der Waals surface area contributed by atoms with Gasteiger partial charge in [0, 0.05) is 0 Å². The van der Waals surface area contributed by atoms with E-state index in [1.54, 1.807) is 0 Å². The lowest BCUT2D eigenvalue weighted by molar-refractivity contribution is 0.510. The zero-order valence-corrected chi connectivity index (χ0v) is 5.56. The maximum Gasteiger partial charge on any atom is 0.404 e. The number of nitrogens with one attached hydrogen (secondary N) is 1. The molecule has 0 bridgehead atoms. The molecule has 0 fully saturated rings. The molecule has 0 amide bonds. The van der Waals surface area contributed by atoms with Crippen LogP contribution in [0, 0.1) is 0 Å². The van der Waals surface area contributed by atoms with E-state index in [1.165, 1.54) is 4.86 Å². The molecule has 0 saturated carbocycles. The first kappa shape index (κ1) is 8.01. The van der Waals surface area contributed by atoms with E-state index in [1.807, 2.05) is 0 Å². The van der Waals surface area contributed by atoms with Crippen LogP contribution in [0.25, 0.3) is 0 Å². The van der Waals surface area contributed by atoms with Crippen molar-refractivity contribution in [3.05, 3.63) is 0 Å². The first-order chi connectivity index (χ1) is 3.42. The number of nitrogens with two attached hydrogens (primary N) is 2. The van der Waals surface area contributed by atoms with Crippen molar-refractivity contribution in [1.82, 2.24) is 4.86 Å². The second-order valence-electron chi connectivity index (χ2n) is 1.07. The van der Waals surface area contributed by atoms with E-state index in [0.717, 1.165) is 0 Å². The molecule has 0 saturated heterocycles. The molecule has 0 aliphatic carbocycles. The zero-order valence-electron chi connectivity index (χ0n) is 3.77. The fraction of sp³-hybridized carbons (Fsp3) is 0. The maximum atomic E-state index is 10.1. The van der Waals surface area contributed by atoms with Gasteiger partial charge in [0.2, 0.25) is 0 Å². The van der Waals surface area contributed by atoms with Gasteiger partial charge in [0.05, 0.1) is 0 Å². The van der Waals surface area contributed by atoms with Gasteiger partial charge in [-0.2, -0.15) is 0 Å². The molecule has 0 aliphatic heterocycles. The Hall–Kier alpha value is 0.0100. The van der Waals surface area contributed by atoms with E-state index < -0.39 is 15.4 Å². The minimum absolute atomic E-state index is 1.45. The Labute approximate surface area is 46.0 Å². The molecular formula is H5N3O3P2. The minimum atomic E-state index is -3.57. The van der Waals surface area contributed by atoms with E-state index in [9.17, 15) is 13.7 Å². The highest BCUT2D eigenvalue weighted by atomic mass is 31.2. The van der Waals surface area contributed by atoms with Crippen LogP contribution < -0.4 is 15.9 Å². The lowest BCUT2D eigenvalue weighted by Gasteiger charge is -1.96. The second-order valence-corrected chi connectivity index (χ2v) is 3.80. The van der Waals surface area contributed by atoms with Crippen molar-refractivity contribution in [1.29, 1.82) is 0 Å². The smallest absolute Gasteiger partial charge is 0.271 e. The van der Waals surface area contributed by atoms with E-state index in [4.69, 9.17) is 0 Å². The van der Waals surface area contributed by atoms with E-state index in [2.05, 4.69) is 11.0 Å². The molecule has 8 heavy (non-hydrogen) atoms.